The van der Waals surface area contributed by atoms with Crippen molar-refractivity contribution < 1.29 is 17.9 Å². The fourth-order valence-electron chi connectivity index (χ4n) is 2.96. The molecule has 0 bridgehead atoms. The number of sulfonamides is 1. The van der Waals surface area contributed by atoms with Gasteiger partial charge in [0, 0.05) is 20.0 Å². The van der Waals surface area contributed by atoms with Gasteiger partial charge in [0.05, 0.1) is 31.4 Å². The molecule has 0 aliphatic carbocycles. The third kappa shape index (κ3) is 5.03. The van der Waals surface area contributed by atoms with E-state index in [2.05, 4.69) is 11.4 Å². The van der Waals surface area contributed by atoms with Gasteiger partial charge in [0.1, 0.15) is 0 Å². The molecule has 1 aromatic rings. The van der Waals surface area contributed by atoms with Crippen molar-refractivity contribution in [2.75, 3.05) is 33.1 Å². The molecule has 7 heteroatoms. The summed E-state index contributed by atoms with van der Waals surface area (Å²) in [6.45, 7) is 4.70. The molecule has 1 aliphatic heterocycles. The van der Waals surface area contributed by atoms with E-state index in [1.165, 1.54) is 18.4 Å². The number of aryl methyl sites for hydroxylation is 2. The summed E-state index contributed by atoms with van der Waals surface area (Å²) in [5.74, 6) is -0.350. The molecule has 1 aromatic carbocycles. The summed E-state index contributed by atoms with van der Waals surface area (Å²) in [5, 5.41) is 2.93. The van der Waals surface area contributed by atoms with Gasteiger partial charge in [-0.3, -0.25) is 4.79 Å². The van der Waals surface area contributed by atoms with Crippen molar-refractivity contribution in [1.29, 1.82) is 0 Å². The maximum absolute atomic E-state index is 12.3. The van der Waals surface area contributed by atoms with Gasteiger partial charge in [0.15, 0.2) is 0 Å². The van der Waals surface area contributed by atoms with E-state index >= 15 is 0 Å². The van der Waals surface area contributed by atoms with Crippen LogP contribution in [0.15, 0.2) is 18.2 Å². The molecule has 0 aromatic heterocycles. The normalized spacial score (nSPS) is 21.2. The predicted octanol–water partition coefficient (Wildman–Crippen LogP) is 0.869. The van der Waals surface area contributed by atoms with Gasteiger partial charge in [-0.15, -0.1) is 0 Å². The molecular formula is C17H26N2O4S. The van der Waals surface area contributed by atoms with E-state index in [1.807, 2.05) is 26.0 Å². The van der Waals surface area contributed by atoms with E-state index in [1.54, 1.807) is 0 Å². The molecule has 2 atom stereocenters. The lowest BCUT2D eigenvalue weighted by atomic mass is 10.0. The van der Waals surface area contributed by atoms with Crippen LogP contribution in [0.3, 0.4) is 0 Å². The third-order valence-electron chi connectivity index (χ3n) is 4.17. The zero-order valence-corrected chi connectivity index (χ0v) is 15.5. The Kier molecular flexibility index (Phi) is 6.01. The number of hydrogen-bond donors (Lipinski definition) is 1. The number of nitrogens with zero attached hydrogens (tertiary/aromatic N) is 1. The number of benzene rings is 1. The van der Waals surface area contributed by atoms with Gasteiger partial charge < -0.3 is 10.1 Å². The van der Waals surface area contributed by atoms with Gasteiger partial charge in [-0.1, -0.05) is 29.3 Å². The summed E-state index contributed by atoms with van der Waals surface area (Å²) < 4.78 is 30.7. The van der Waals surface area contributed by atoms with E-state index in [0.29, 0.717) is 13.2 Å². The van der Waals surface area contributed by atoms with E-state index in [-0.39, 0.29) is 30.0 Å². The highest BCUT2D eigenvalue weighted by atomic mass is 32.2. The lowest BCUT2D eigenvalue weighted by Crippen LogP contribution is -2.44. The minimum absolute atomic E-state index is 0.0193. The molecule has 24 heavy (non-hydrogen) atoms. The zero-order valence-electron chi connectivity index (χ0n) is 14.7. The first-order valence-corrected chi connectivity index (χ1v) is 9.63. The Morgan fingerprint density at radius 3 is 2.42 bits per heavy atom. The molecule has 0 saturated carbocycles. The predicted molar refractivity (Wildman–Crippen MR) is 93.3 cm³/mol. The first-order valence-electron chi connectivity index (χ1n) is 8.02. The Labute approximate surface area is 144 Å². The fourth-order valence-corrected chi connectivity index (χ4v) is 4.12. The minimum atomic E-state index is -3.32. The number of carbonyl (C=O) groups is 1. The van der Waals surface area contributed by atoms with Crippen molar-refractivity contribution in [2.45, 2.75) is 26.3 Å². The van der Waals surface area contributed by atoms with Crippen LogP contribution in [-0.2, 0) is 26.0 Å². The second-order valence-corrected chi connectivity index (χ2v) is 8.93. The number of hydrogen-bond acceptors (Lipinski definition) is 4. The highest BCUT2D eigenvalue weighted by Crippen LogP contribution is 2.18. The van der Waals surface area contributed by atoms with Crippen molar-refractivity contribution in [3.05, 3.63) is 34.9 Å². The Balaban J connectivity index is 1.97. The van der Waals surface area contributed by atoms with Crippen LogP contribution in [-0.4, -0.2) is 57.7 Å². The van der Waals surface area contributed by atoms with Crippen LogP contribution in [0.5, 0.6) is 0 Å². The van der Waals surface area contributed by atoms with Gasteiger partial charge in [-0.2, -0.15) is 0 Å². The highest BCUT2D eigenvalue weighted by Gasteiger charge is 2.34. The van der Waals surface area contributed by atoms with E-state index in [4.69, 9.17) is 4.74 Å². The SMILES string of the molecule is Cc1cc(C)cc(CC(=O)NC2COCC2CS(=O)(=O)N(C)C)c1. The third-order valence-corrected chi connectivity index (χ3v) is 6.13. The number of ether oxygens (including phenoxy) is 1. The van der Waals surface area contributed by atoms with Crippen molar-refractivity contribution >= 4 is 15.9 Å². The number of carbonyl (C=O) groups excluding carboxylic acids is 1. The molecular weight excluding hydrogens is 328 g/mol. The van der Waals surface area contributed by atoms with Crippen molar-refractivity contribution in [2.24, 2.45) is 5.92 Å². The Bertz CT molecular complexity index is 680. The summed E-state index contributed by atoms with van der Waals surface area (Å²) in [6.07, 6.45) is 0.284. The van der Waals surface area contributed by atoms with Gasteiger partial charge in [-0.25, -0.2) is 12.7 Å². The highest BCUT2D eigenvalue weighted by molar-refractivity contribution is 7.89. The largest absolute Gasteiger partial charge is 0.379 e. The summed E-state index contributed by atoms with van der Waals surface area (Å²) in [7, 11) is -0.293. The zero-order chi connectivity index (χ0) is 17.9. The first kappa shape index (κ1) is 18.9. The smallest absolute Gasteiger partial charge is 0.224 e. The number of rotatable bonds is 6. The fraction of sp³-hybridized carbons (Fsp3) is 0.588. The average Bonchev–Trinajstić information content (AvgIpc) is 2.83. The quantitative estimate of drug-likeness (QED) is 0.822. The van der Waals surface area contributed by atoms with Gasteiger partial charge >= 0.3 is 0 Å². The molecule has 1 aliphatic rings. The maximum Gasteiger partial charge on any atom is 0.224 e. The van der Waals surface area contributed by atoms with Crippen LogP contribution >= 0.6 is 0 Å². The van der Waals surface area contributed by atoms with Gasteiger partial charge in [0.2, 0.25) is 15.9 Å². The van der Waals surface area contributed by atoms with E-state index in [0.717, 1.165) is 16.7 Å². The Morgan fingerprint density at radius 1 is 1.21 bits per heavy atom. The van der Waals surface area contributed by atoms with E-state index in [9.17, 15) is 13.2 Å². The molecule has 0 spiro atoms. The number of amides is 1. The van der Waals surface area contributed by atoms with Crippen molar-refractivity contribution in [3.8, 4) is 0 Å². The van der Waals surface area contributed by atoms with Gasteiger partial charge in [0.25, 0.3) is 0 Å². The molecule has 1 amide bonds. The molecule has 1 heterocycles. The Hall–Kier alpha value is -1.44. The summed E-state index contributed by atoms with van der Waals surface area (Å²) in [4.78, 5) is 12.3. The van der Waals surface area contributed by atoms with Crippen LogP contribution < -0.4 is 5.32 Å². The maximum atomic E-state index is 12.3. The topological polar surface area (TPSA) is 75.7 Å². The number of nitrogens with one attached hydrogen (secondary N) is 1. The first-order chi connectivity index (χ1) is 11.2. The van der Waals surface area contributed by atoms with E-state index < -0.39 is 10.0 Å². The molecule has 134 valence electrons. The monoisotopic (exact) mass is 354 g/mol. The minimum Gasteiger partial charge on any atom is -0.379 e. The molecule has 1 fully saturated rings. The van der Waals surface area contributed by atoms with Crippen LogP contribution in [0.25, 0.3) is 0 Å². The van der Waals surface area contributed by atoms with Crippen LogP contribution in [0.2, 0.25) is 0 Å². The van der Waals surface area contributed by atoms with Gasteiger partial charge in [-0.05, 0) is 19.4 Å². The molecule has 2 unspecified atom stereocenters. The molecule has 1 N–H and O–H groups in total. The lowest BCUT2D eigenvalue weighted by molar-refractivity contribution is -0.121. The molecule has 0 radical (unpaired) electrons. The van der Waals surface area contributed by atoms with Crippen LogP contribution in [0, 0.1) is 19.8 Å². The Morgan fingerprint density at radius 2 is 1.83 bits per heavy atom. The molecule has 2 rings (SSSR count). The summed E-state index contributed by atoms with van der Waals surface area (Å²) >= 11 is 0. The second-order valence-electron chi connectivity index (χ2n) is 6.71. The summed E-state index contributed by atoms with van der Waals surface area (Å²) in [5.41, 5.74) is 3.20. The summed E-state index contributed by atoms with van der Waals surface area (Å²) in [6, 6.07) is 5.78. The molecule has 6 nitrogen and oxygen atoms in total. The van der Waals surface area contributed by atoms with Crippen LogP contribution in [0.1, 0.15) is 16.7 Å². The standard InChI is InChI=1S/C17H26N2O4S/c1-12-5-13(2)7-14(6-12)8-17(20)18-16-10-23-9-15(16)11-24(21,22)19(3)4/h5-7,15-16H,8-11H2,1-4H3,(H,18,20). The molecule has 1 saturated heterocycles. The average molecular weight is 354 g/mol. The van der Waals surface area contributed by atoms with Crippen molar-refractivity contribution in [1.82, 2.24) is 9.62 Å². The van der Waals surface area contributed by atoms with Crippen molar-refractivity contribution in [3.63, 3.8) is 0 Å². The lowest BCUT2D eigenvalue weighted by Gasteiger charge is -2.21. The second kappa shape index (κ2) is 7.63. The van der Waals surface area contributed by atoms with Crippen LogP contribution in [0.4, 0.5) is 0 Å².